The minimum atomic E-state index is 0.658. The molecule has 0 saturated heterocycles. The largest absolute Gasteiger partial charge is 0.231 e. The Morgan fingerprint density at radius 2 is 1.94 bits per heavy atom. The standard InChI is InChI=1S/C13H9N3/c1-9-11(8-14)13-7-6-10-4-2-3-5-12(10)16(13)15-9/h2-7H,1H3. The lowest BCUT2D eigenvalue weighted by Gasteiger charge is -2.00. The van der Waals surface area contributed by atoms with Crippen molar-refractivity contribution in [3.63, 3.8) is 0 Å². The van der Waals surface area contributed by atoms with Crippen LogP contribution in [0.15, 0.2) is 36.4 Å². The van der Waals surface area contributed by atoms with Gasteiger partial charge in [0.25, 0.3) is 0 Å². The van der Waals surface area contributed by atoms with Crippen LogP contribution in [0.5, 0.6) is 0 Å². The minimum Gasteiger partial charge on any atom is -0.231 e. The molecule has 3 heteroatoms. The van der Waals surface area contributed by atoms with Gasteiger partial charge < -0.3 is 0 Å². The molecule has 2 heterocycles. The third kappa shape index (κ3) is 1.04. The van der Waals surface area contributed by atoms with E-state index in [-0.39, 0.29) is 0 Å². The molecular formula is C13H9N3. The summed E-state index contributed by atoms with van der Waals surface area (Å²) < 4.78 is 1.84. The SMILES string of the molecule is Cc1nn2c(ccc3ccccc32)c1C#N. The van der Waals surface area contributed by atoms with Crippen molar-refractivity contribution in [1.29, 1.82) is 5.26 Å². The van der Waals surface area contributed by atoms with Crippen molar-refractivity contribution in [3.8, 4) is 6.07 Å². The fourth-order valence-corrected chi connectivity index (χ4v) is 2.01. The second-order valence-electron chi connectivity index (χ2n) is 3.76. The molecule has 0 bridgehead atoms. The monoisotopic (exact) mass is 207 g/mol. The lowest BCUT2D eigenvalue weighted by Crippen LogP contribution is -1.89. The third-order valence-corrected chi connectivity index (χ3v) is 2.79. The Morgan fingerprint density at radius 1 is 1.12 bits per heavy atom. The van der Waals surface area contributed by atoms with Gasteiger partial charge in [0.1, 0.15) is 11.6 Å². The highest BCUT2D eigenvalue weighted by Gasteiger charge is 2.09. The van der Waals surface area contributed by atoms with Gasteiger partial charge in [-0.2, -0.15) is 10.4 Å². The van der Waals surface area contributed by atoms with E-state index in [1.165, 1.54) is 0 Å². The van der Waals surface area contributed by atoms with Gasteiger partial charge >= 0.3 is 0 Å². The quantitative estimate of drug-likeness (QED) is 0.568. The van der Waals surface area contributed by atoms with Crippen LogP contribution in [0.2, 0.25) is 0 Å². The molecule has 0 unspecified atom stereocenters. The van der Waals surface area contributed by atoms with Crippen molar-refractivity contribution < 1.29 is 0 Å². The lowest BCUT2D eigenvalue weighted by molar-refractivity contribution is 0.971. The van der Waals surface area contributed by atoms with Gasteiger partial charge in [0.2, 0.25) is 0 Å². The van der Waals surface area contributed by atoms with Gasteiger partial charge in [-0.05, 0) is 19.1 Å². The highest BCUT2D eigenvalue weighted by molar-refractivity contribution is 5.83. The number of nitrogens with zero attached hydrogens (tertiary/aromatic N) is 3. The number of hydrogen-bond donors (Lipinski definition) is 0. The van der Waals surface area contributed by atoms with Gasteiger partial charge in [-0.1, -0.05) is 24.3 Å². The predicted molar refractivity (Wildman–Crippen MR) is 62.2 cm³/mol. The molecule has 0 saturated carbocycles. The van der Waals surface area contributed by atoms with Gasteiger partial charge in [0.05, 0.1) is 16.7 Å². The van der Waals surface area contributed by atoms with Crippen molar-refractivity contribution in [2.45, 2.75) is 6.92 Å². The van der Waals surface area contributed by atoms with E-state index < -0.39 is 0 Å². The Hall–Kier alpha value is -2.34. The first-order valence-electron chi connectivity index (χ1n) is 5.08. The number of aromatic nitrogens is 2. The fourth-order valence-electron chi connectivity index (χ4n) is 2.01. The first-order chi connectivity index (χ1) is 7.81. The van der Waals surface area contributed by atoms with Gasteiger partial charge in [0.15, 0.2) is 0 Å². The van der Waals surface area contributed by atoms with Crippen LogP contribution in [0.3, 0.4) is 0 Å². The summed E-state index contributed by atoms with van der Waals surface area (Å²) in [7, 11) is 0. The van der Waals surface area contributed by atoms with E-state index in [0.717, 1.165) is 22.1 Å². The highest BCUT2D eigenvalue weighted by Crippen LogP contribution is 2.20. The van der Waals surface area contributed by atoms with Crippen molar-refractivity contribution in [3.05, 3.63) is 47.7 Å². The zero-order chi connectivity index (χ0) is 11.1. The molecule has 0 aliphatic rings. The fraction of sp³-hybridized carbons (Fsp3) is 0.0769. The molecule has 0 aliphatic heterocycles. The van der Waals surface area contributed by atoms with E-state index >= 15 is 0 Å². The molecule has 0 fully saturated rings. The number of pyridine rings is 1. The van der Waals surface area contributed by atoms with E-state index in [1.807, 2.05) is 47.8 Å². The number of para-hydroxylation sites is 1. The third-order valence-electron chi connectivity index (χ3n) is 2.79. The van der Waals surface area contributed by atoms with Crippen LogP contribution in [0.1, 0.15) is 11.3 Å². The van der Waals surface area contributed by atoms with Crippen LogP contribution in [0, 0.1) is 18.3 Å². The molecule has 0 radical (unpaired) electrons. The Bertz CT molecular complexity index is 732. The first kappa shape index (κ1) is 8.93. The van der Waals surface area contributed by atoms with E-state index in [4.69, 9.17) is 5.26 Å². The van der Waals surface area contributed by atoms with Gasteiger partial charge in [-0.15, -0.1) is 0 Å². The summed E-state index contributed by atoms with van der Waals surface area (Å²) >= 11 is 0. The second-order valence-corrected chi connectivity index (χ2v) is 3.76. The average molecular weight is 207 g/mol. The smallest absolute Gasteiger partial charge is 0.103 e. The summed E-state index contributed by atoms with van der Waals surface area (Å²) in [5.74, 6) is 0. The molecule has 0 aliphatic carbocycles. The van der Waals surface area contributed by atoms with Crippen LogP contribution in [0.4, 0.5) is 0 Å². The average Bonchev–Trinajstić information content (AvgIpc) is 2.65. The topological polar surface area (TPSA) is 41.1 Å². The molecule has 3 rings (SSSR count). The number of fused-ring (bicyclic) bond motifs is 3. The van der Waals surface area contributed by atoms with Crippen molar-refractivity contribution in [1.82, 2.24) is 9.61 Å². The summed E-state index contributed by atoms with van der Waals surface area (Å²) in [5, 5.41) is 14.6. The summed E-state index contributed by atoms with van der Waals surface area (Å²) in [4.78, 5) is 0. The number of rotatable bonds is 0. The summed E-state index contributed by atoms with van der Waals surface area (Å²) in [5.41, 5.74) is 3.34. The van der Waals surface area contributed by atoms with Crippen LogP contribution in [-0.2, 0) is 0 Å². The molecule has 3 aromatic rings. The Kier molecular flexibility index (Phi) is 1.72. The summed E-state index contributed by atoms with van der Waals surface area (Å²) in [6, 6.07) is 14.2. The maximum atomic E-state index is 9.07. The molecule has 0 spiro atoms. The Balaban J connectivity index is 2.59. The maximum absolute atomic E-state index is 9.07. The molecule has 0 amide bonds. The highest BCUT2D eigenvalue weighted by atomic mass is 15.2. The van der Waals surface area contributed by atoms with E-state index in [1.54, 1.807) is 0 Å². The van der Waals surface area contributed by atoms with Crippen LogP contribution in [0.25, 0.3) is 16.4 Å². The second kappa shape index (κ2) is 3.07. The normalized spacial score (nSPS) is 10.8. The molecule has 16 heavy (non-hydrogen) atoms. The zero-order valence-corrected chi connectivity index (χ0v) is 8.81. The molecule has 76 valence electrons. The molecule has 2 aromatic heterocycles. The molecule has 0 N–H and O–H groups in total. The van der Waals surface area contributed by atoms with Crippen molar-refractivity contribution >= 4 is 16.4 Å². The van der Waals surface area contributed by atoms with Crippen LogP contribution in [-0.4, -0.2) is 9.61 Å². The number of benzene rings is 1. The van der Waals surface area contributed by atoms with E-state index in [9.17, 15) is 0 Å². The summed E-state index contributed by atoms with van der Waals surface area (Å²) in [6.45, 7) is 1.86. The van der Waals surface area contributed by atoms with Gasteiger partial charge in [0, 0.05) is 5.39 Å². The Labute approximate surface area is 92.5 Å². The predicted octanol–water partition coefficient (Wildman–Crippen LogP) is 2.67. The lowest BCUT2D eigenvalue weighted by atomic mass is 10.2. The van der Waals surface area contributed by atoms with Gasteiger partial charge in [-0.3, -0.25) is 0 Å². The van der Waals surface area contributed by atoms with E-state index in [0.29, 0.717) is 5.56 Å². The number of aryl methyl sites for hydroxylation is 1. The first-order valence-corrected chi connectivity index (χ1v) is 5.08. The molecular weight excluding hydrogens is 198 g/mol. The van der Waals surface area contributed by atoms with Crippen molar-refractivity contribution in [2.24, 2.45) is 0 Å². The maximum Gasteiger partial charge on any atom is 0.103 e. The zero-order valence-electron chi connectivity index (χ0n) is 8.81. The van der Waals surface area contributed by atoms with E-state index in [2.05, 4.69) is 11.2 Å². The number of hydrogen-bond acceptors (Lipinski definition) is 2. The van der Waals surface area contributed by atoms with Crippen LogP contribution < -0.4 is 0 Å². The molecule has 3 nitrogen and oxygen atoms in total. The van der Waals surface area contributed by atoms with Crippen molar-refractivity contribution in [2.75, 3.05) is 0 Å². The van der Waals surface area contributed by atoms with Gasteiger partial charge in [-0.25, -0.2) is 4.52 Å². The molecule has 1 aromatic carbocycles. The molecule has 0 atom stereocenters. The van der Waals surface area contributed by atoms with Crippen LogP contribution >= 0.6 is 0 Å². The number of nitriles is 1. The summed E-state index contributed by atoms with van der Waals surface area (Å²) in [6.07, 6.45) is 0. The minimum absolute atomic E-state index is 0.658. The Morgan fingerprint density at radius 3 is 2.75 bits per heavy atom.